The maximum absolute atomic E-state index is 6.80. The lowest BCUT2D eigenvalue weighted by atomic mass is 9.67. The molecule has 0 bridgehead atoms. The second-order valence-corrected chi connectivity index (χ2v) is 16.7. The fourth-order valence-electron chi connectivity index (χ4n) is 8.54. The van der Waals surface area contributed by atoms with Crippen LogP contribution in [0.2, 0.25) is 0 Å². The molecule has 296 valence electrons. The number of benzene rings is 7. The summed E-state index contributed by atoms with van der Waals surface area (Å²) in [4.78, 5) is 7.13. The predicted octanol–water partition coefficient (Wildman–Crippen LogP) is 12.1. The van der Waals surface area contributed by atoms with Gasteiger partial charge >= 0.3 is 7.05 Å². The Morgan fingerprint density at radius 3 is 1.98 bits per heavy atom. The van der Waals surface area contributed by atoms with Gasteiger partial charge in [0.05, 0.1) is 28.1 Å². The van der Waals surface area contributed by atoms with E-state index < -0.39 is 7.05 Å². The van der Waals surface area contributed by atoms with E-state index in [-0.39, 0.29) is 5.41 Å². The van der Waals surface area contributed by atoms with Crippen LogP contribution < -0.4 is 24.2 Å². The van der Waals surface area contributed by atoms with Crippen molar-refractivity contribution in [2.45, 2.75) is 40.0 Å². The van der Waals surface area contributed by atoms with E-state index in [9.17, 15) is 0 Å². The van der Waals surface area contributed by atoms with Crippen LogP contribution in [0.3, 0.4) is 0 Å². The quantitative estimate of drug-likeness (QED) is 0.0873. The lowest BCUT2D eigenvalue weighted by Gasteiger charge is -2.26. The van der Waals surface area contributed by atoms with Crippen LogP contribution in [-0.2, 0) is 5.41 Å². The minimum absolute atomic E-state index is 0.0532. The first-order chi connectivity index (χ1) is 29.7. The minimum atomic E-state index is -0.392. The summed E-state index contributed by atoms with van der Waals surface area (Å²) in [5, 5.41) is 0. The Balaban J connectivity index is 1.05. The summed E-state index contributed by atoms with van der Waals surface area (Å²) in [7, 11) is -0.392. The number of pyridine rings is 1. The van der Waals surface area contributed by atoms with E-state index in [1.165, 1.54) is 16.7 Å². The molecule has 0 atom stereocenters. The van der Waals surface area contributed by atoms with Crippen molar-refractivity contribution in [1.82, 2.24) is 9.55 Å². The maximum Gasteiger partial charge on any atom is 0.526 e. The third-order valence-corrected chi connectivity index (χ3v) is 11.6. The summed E-state index contributed by atoms with van der Waals surface area (Å²) in [5.41, 5.74) is 14.1. The molecule has 0 amide bonds. The van der Waals surface area contributed by atoms with E-state index in [2.05, 4.69) is 207 Å². The lowest BCUT2D eigenvalue weighted by Crippen LogP contribution is -2.49. The summed E-state index contributed by atoms with van der Waals surface area (Å²) in [6.07, 6.45) is 5.68. The molecule has 1 aliphatic heterocycles. The standard InChI is InChI=1S/C54H45BN4O2/c1-37-17-14-18-38(2)52(37)55-59(51-33-41(31-32-56-51)54(3,4)5)49-35-44(29-30-50(49)61-55)60-43-24-15-23-42(34-43)57-36-58(48-28-13-12-27-47(48)57)53-45(39-19-8-6-9-20-39)25-16-26-46(53)40-21-10-7-11-22-40/h6-35H,1-5H3. The van der Waals surface area contributed by atoms with Crippen LogP contribution in [0.5, 0.6) is 17.2 Å². The lowest BCUT2D eigenvalue weighted by molar-refractivity contribution is -0.571. The first-order valence-corrected chi connectivity index (χ1v) is 20.8. The number of nitrogens with zero attached hydrogens (tertiary/aromatic N) is 4. The Labute approximate surface area is 358 Å². The van der Waals surface area contributed by atoms with Gasteiger partial charge in [-0.2, -0.15) is 0 Å². The van der Waals surface area contributed by atoms with Crippen LogP contribution in [0, 0.1) is 20.2 Å². The summed E-state index contributed by atoms with van der Waals surface area (Å²) in [5.74, 6) is 3.00. The van der Waals surface area contributed by atoms with Crippen LogP contribution in [-0.4, -0.2) is 16.6 Å². The summed E-state index contributed by atoms with van der Waals surface area (Å²) >= 11 is 0. The zero-order valence-electron chi connectivity index (χ0n) is 35.0. The molecule has 7 aromatic carbocycles. The number of hydrogen-bond donors (Lipinski definition) is 0. The second-order valence-electron chi connectivity index (χ2n) is 16.7. The van der Waals surface area contributed by atoms with Crippen molar-refractivity contribution in [3.63, 3.8) is 0 Å². The number of para-hydroxylation sites is 3. The number of aromatic nitrogens is 3. The number of fused-ring (bicyclic) bond motifs is 2. The number of rotatable bonds is 8. The molecular formula is C54H45BN4O2. The first-order valence-electron chi connectivity index (χ1n) is 20.8. The van der Waals surface area contributed by atoms with Crippen LogP contribution in [0.15, 0.2) is 182 Å². The molecule has 0 unspecified atom stereocenters. The fourth-order valence-corrected chi connectivity index (χ4v) is 8.54. The van der Waals surface area contributed by atoms with E-state index in [1.807, 2.05) is 30.5 Å². The molecule has 0 spiro atoms. The van der Waals surface area contributed by atoms with Crippen molar-refractivity contribution in [3.05, 3.63) is 205 Å². The SMILES string of the molecule is Cc1cccc(C)c1B1Oc2ccc(Oc3cccc(-n4[c-][n+](-c5c(-c6ccccc6)cccc5-c5ccccc5)c5ccccc54)c3)cc2N1c1cc(C(C)(C)C)ccn1. The zero-order valence-corrected chi connectivity index (χ0v) is 35.0. The molecule has 6 nitrogen and oxygen atoms in total. The highest BCUT2D eigenvalue weighted by Gasteiger charge is 2.42. The van der Waals surface area contributed by atoms with Crippen molar-refractivity contribution in [2.24, 2.45) is 0 Å². The Kier molecular flexibility index (Phi) is 9.52. The van der Waals surface area contributed by atoms with E-state index in [0.717, 1.165) is 67.4 Å². The summed E-state index contributed by atoms with van der Waals surface area (Å²) < 4.78 is 17.9. The highest BCUT2D eigenvalue weighted by molar-refractivity contribution is 6.75. The molecule has 1 aliphatic rings. The van der Waals surface area contributed by atoms with Gasteiger partial charge < -0.3 is 14.2 Å². The van der Waals surface area contributed by atoms with Crippen LogP contribution >= 0.6 is 0 Å². The second kappa shape index (κ2) is 15.3. The van der Waals surface area contributed by atoms with Crippen molar-refractivity contribution < 1.29 is 14.0 Å². The average molecular weight is 793 g/mol. The van der Waals surface area contributed by atoms with Crippen LogP contribution in [0.25, 0.3) is 44.7 Å². The molecule has 7 heteroatoms. The topological polar surface area (TPSA) is 43.4 Å². The van der Waals surface area contributed by atoms with Gasteiger partial charge in [0.1, 0.15) is 23.1 Å². The third-order valence-electron chi connectivity index (χ3n) is 11.6. The molecule has 0 radical (unpaired) electrons. The number of aryl methyl sites for hydroxylation is 2. The molecule has 0 saturated heterocycles. The maximum atomic E-state index is 6.80. The third kappa shape index (κ3) is 7.02. The van der Waals surface area contributed by atoms with E-state index in [1.54, 1.807) is 0 Å². The van der Waals surface area contributed by atoms with E-state index in [4.69, 9.17) is 14.4 Å². The highest BCUT2D eigenvalue weighted by Crippen LogP contribution is 2.44. The molecule has 61 heavy (non-hydrogen) atoms. The number of hydrogen-bond acceptors (Lipinski definition) is 4. The van der Waals surface area contributed by atoms with Gasteiger partial charge in [0.25, 0.3) is 6.33 Å². The Morgan fingerprint density at radius 1 is 0.639 bits per heavy atom. The predicted molar refractivity (Wildman–Crippen MR) is 248 cm³/mol. The van der Waals surface area contributed by atoms with Gasteiger partial charge in [-0.25, -0.2) is 4.98 Å². The Hall–Kier alpha value is -7.38. The largest absolute Gasteiger partial charge is 0.536 e. The monoisotopic (exact) mass is 792 g/mol. The molecule has 9 aromatic rings. The van der Waals surface area contributed by atoms with Gasteiger partial charge in [0, 0.05) is 12.3 Å². The molecule has 10 rings (SSSR count). The molecule has 0 fully saturated rings. The molecule has 2 aromatic heterocycles. The summed E-state index contributed by atoms with van der Waals surface area (Å²) in [6, 6.07) is 61.1. The number of ether oxygens (including phenoxy) is 1. The van der Waals surface area contributed by atoms with E-state index in [0.29, 0.717) is 11.5 Å². The number of anilines is 2. The van der Waals surface area contributed by atoms with Crippen LogP contribution in [0.1, 0.15) is 37.5 Å². The first kappa shape index (κ1) is 37.9. The molecular weight excluding hydrogens is 747 g/mol. The Morgan fingerprint density at radius 2 is 1.28 bits per heavy atom. The van der Waals surface area contributed by atoms with Crippen molar-refractivity contribution in [3.8, 4) is 50.9 Å². The van der Waals surface area contributed by atoms with E-state index >= 15 is 0 Å². The Bertz CT molecular complexity index is 2990. The minimum Gasteiger partial charge on any atom is -0.536 e. The number of imidazole rings is 1. The summed E-state index contributed by atoms with van der Waals surface area (Å²) in [6.45, 7) is 11.0. The molecule has 0 saturated carbocycles. The van der Waals surface area contributed by atoms with Gasteiger partial charge in [-0.05, 0) is 95.0 Å². The van der Waals surface area contributed by atoms with Crippen molar-refractivity contribution in [2.75, 3.05) is 4.81 Å². The van der Waals surface area contributed by atoms with Gasteiger partial charge in [0.15, 0.2) is 0 Å². The molecule has 3 heterocycles. The van der Waals surface area contributed by atoms with Crippen molar-refractivity contribution in [1.29, 1.82) is 0 Å². The molecule has 0 N–H and O–H groups in total. The fraction of sp³-hybridized carbons (Fsp3) is 0.111. The zero-order chi connectivity index (χ0) is 41.7. The molecule has 0 aliphatic carbocycles. The van der Waals surface area contributed by atoms with Gasteiger partial charge in [-0.1, -0.05) is 159 Å². The smallest absolute Gasteiger partial charge is 0.526 e. The van der Waals surface area contributed by atoms with Gasteiger partial charge in [-0.3, -0.25) is 9.13 Å². The van der Waals surface area contributed by atoms with Gasteiger partial charge in [-0.15, -0.1) is 0 Å². The normalized spacial score (nSPS) is 12.4. The van der Waals surface area contributed by atoms with Gasteiger partial charge in [0.2, 0.25) is 0 Å². The highest BCUT2D eigenvalue weighted by atomic mass is 16.5. The average Bonchev–Trinajstić information content (AvgIpc) is 3.85. The van der Waals surface area contributed by atoms with Crippen LogP contribution in [0.4, 0.5) is 11.5 Å². The van der Waals surface area contributed by atoms with Crippen molar-refractivity contribution >= 4 is 35.1 Å².